The lowest BCUT2D eigenvalue weighted by molar-refractivity contribution is -0.141. The first-order valence-electron chi connectivity index (χ1n) is 11.4. The van der Waals surface area contributed by atoms with Crippen LogP contribution in [-0.2, 0) is 14.3 Å². The molecule has 0 spiro atoms. The number of morpholine rings is 1. The molecule has 8 nitrogen and oxygen atoms in total. The second kappa shape index (κ2) is 10.4. The number of hydrogen-bond acceptors (Lipinski definition) is 7. The predicted octanol–water partition coefficient (Wildman–Crippen LogP) is 2.30. The van der Waals surface area contributed by atoms with Gasteiger partial charge in [-0.2, -0.15) is 0 Å². The van der Waals surface area contributed by atoms with Crippen LogP contribution in [0.3, 0.4) is 0 Å². The zero-order valence-corrected chi connectivity index (χ0v) is 19.8. The number of rotatable bonds is 8. The third-order valence-electron chi connectivity index (χ3n) is 6.53. The molecule has 8 heteroatoms. The third-order valence-corrected chi connectivity index (χ3v) is 6.53. The van der Waals surface area contributed by atoms with E-state index >= 15 is 0 Å². The Balaban J connectivity index is 1.71. The molecule has 1 amide bonds. The Morgan fingerprint density at radius 2 is 1.65 bits per heavy atom. The van der Waals surface area contributed by atoms with Crippen molar-refractivity contribution in [2.45, 2.75) is 13.0 Å². The van der Waals surface area contributed by atoms with Gasteiger partial charge in [0.2, 0.25) is 5.78 Å². The topological polar surface area (TPSA) is 85.4 Å². The Kier molecular flexibility index (Phi) is 7.29. The smallest absolute Gasteiger partial charge is 0.291 e. The van der Waals surface area contributed by atoms with Crippen molar-refractivity contribution < 1.29 is 28.6 Å². The van der Waals surface area contributed by atoms with E-state index in [0.717, 1.165) is 18.7 Å². The maximum absolute atomic E-state index is 13.5. The molecule has 2 aromatic rings. The van der Waals surface area contributed by atoms with Crippen molar-refractivity contribution in [2.24, 2.45) is 5.92 Å². The number of ketones is 2. The highest BCUT2D eigenvalue weighted by Gasteiger charge is 2.51. The van der Waals surface area contributed by atoms with Crippen molar-refractivity contribution in [3.05, 3.63) is 59.2 Å². The highest BCUT2D eigenvalue weighted by atomic mass is 16.5. The second-order valence-corrected chi connectivity index (χ2v) is 8.58. The highest BCUT2D eigenvalue weighted by Crippen LogP contribution is 2.41. The number of carbonyl (C=O) groups excluding carboxylic acids is 3. The van der Waals surface area contributed by atoms with E-state index in [1.807, 2.05) is 19.1 Å². The third kappa shape index (κ3) is 4.69. The van der Waals surface area contributed by atoms with Crippen LogP contribution in [0.5, 0.6) is 11.5 Å². The summed E-state index contributed by atoms with van der Waals surface area (Å²) in [5.74, 6) is -1.78. The number of benzene rings is 2. The fraction of sp³-hybridized carbons (Fsp3) is 0.423. The molecule has 4 rings (SSSR count). The number of carbonyl (C=O) groups is 3. The summed E-state index contributed by atoms with van der Waals surface area (Å²) in [5, 5.41) is 0. The average Bonchev–Trinajstić information content (AvgIpc) is 3.12. The van der Waals surface area contributed by atoms with E-state index in [2.05, 4.69) is 4.90 Å². The molecule has 0 aromatic heterocycles. The molecule has 0 saturated carbocycles. The van der Waals surface area contributed by atoms with Gasteiger partial charge < -0.3 is 19.1 Å². The summed E-state index contributed by atoms with van der Waals surface area (Å²) in [6.07, 6.45) is 0. The first-order chi connectivity index (χ1) is 16.4. The van der Waals surface area contributed by atoms with Gasteiger partial charge in [0.1, 0.15) is 5.92 Å². The standard InChI is InChI=1S/C26H30N2O6/c1-17-4-6-18(7-5-17)24(29)22-23(19-8-9-20(32-2)21(16-19)33-3)28(26(31)25(22)30)11-10-27-12-14-34-15-13-27/h4-9,16,22-23H,10-15H2,1-3H3. The number of likely N-dealkylation sites (tertiary alicyclic amines) is 1. The predicted molar refractivity (Wildman–Crippen MR) is 125 cm³/mol. The Morgan fingerprint density at radius 1 is 0.971 bits per heavy atom. The van der Waals surface area contributed by atoms with Crippen LogP contribution in [-0.4, -0.2) is 80.9 Å². The average molecular weight is 467 g/mol. The summed E-state index contributed by atoms with van der Waals surface area (Å²) in [5.41, 5.74) is 2.08. The maximum Gasteiger partial charge on any atom is 0.291 e. The van der Waals surface area contributed by atoms with Crippen LogP contribution < -0.4 is 9.47 Å². The molecule has 0 aliphatic carbocycles. The van der Waals surface area contributed by atoms with Gasteiger partial charge in [-0.05, 0) is 24.6 Å². The number of hydrogen-bond donors (Lipinski definition) is 0. The monoisotopic (exact) mass is 466 g/mol. The molecular weight excluding hydrogens is 436 g/mol. The largest absolute Gasteiger partial charge is 0.493 e. The molecule has 2 heterocycles. The van der Waals surface area contributed by atoms with E-state index in [9.17, 15) is 14.4 Å². The molecule has 2 aliphatic heterocycles. The minimum atomic E-state index is -1.13. The quantitative estimate of drug-likeness (QED) is 0.335. The lowest BCUT2D eigenvalue weighted by atomic mass is 9.86. The summed E-state index contributed by atoms with van der Waals surface area (Å²) < 4.78 is 16.2. The van der Waals surface area contributed by atoms with Crippen LogP contribution >= 0.6 is 0 Å². The van der Waals surface area contributed by atoms with Crippen LogP contribution in [0.2, 0.25) is 0 Å². The summed E-state index contributed by atoms with van der Waals surface area (Å²) in [4.78, 5) is 43.7. The van der Waals surface area contributed by atoms with Gasteiger partial charge in [0.05, 0.1) is 33.5 Å². The molecule has 2 saturated heterocycles. The molecule has 2 fully saturated rings. The maximum atomic E-state index is 13.5. The molecule has 0 N–H and O–H groups in total. The summed E-state index contributed by atoms with van der Waals surface area (Å²) in [7, 11) is 3.07. The van der Waals surface area contributed by atoms with Gasteiger partial charge in [-0.3, -0.25) is 19.3 Å². The van der Waals surface area contributed by atoms with Gasteiger partial charge in [-0.15, -0.1) is 0 Å². The molecule has 0 bridgehead atoms. The number of nitrogens with zero attached hydrogens (tertiary/aromatic N) is 2. The van der Waals surface area contributed by atoms with Gasteiger partial charge in [-0.25, -0.2) is 0 Å². The van der Waals surface area contributed by atoms with Crippen molar-refractivity contribution in [2.75, 3.05) is 53.6 Å². The van der Waals surface area contributed by atoms with Crippen LogP contribution in [0, 0.1) is 12.8 Å². The lowest BCUT2D eigenvalue weighted by Gasteiger charge is -2.32. The number of ether oxygens (including phenoxy) is 3. The molecular formula is C26H30N2O6. The lowest BCUT2D eigenvalue weighted by Crippen LogP contribution is -2.42. The Hall–Kier alpha value is -3.23. The molecule has 0 radical (unpaired) electrons. The van der Waals surface area contributed by atoms with Crippen LogP contribution in [0.4, 0.5) is 0 Å². The van der Waals surface area contributed by atoms with E-state index in [1.54, 1.807) is 37.4 Å². The normalized spacial score (nSPS) is 21.1. The zero-order valence-electron chi connectivity index (χ0n) is 19.8. The number of Topliss-reactive ketones (excluding diaryl/α,β-unsaturated/α-hetero) is 2. The van der Waals surface area contributed by atoms with Gasteiger partial charge in [0.25, 0.3) is 5.91 Å². The first-order valence-corrected chi connectivity index (χ1v) is 11.4. The van der Waals surface area contributed by atoms with Gasteiger partial charge in [0.15, 0.2) is 17.3 Å². The first kappa shape index (κ1) is 23.9. The van der Waals surface area contributed by atoms with Crippen molar-refractivity contribution in [3.8, 4) is 11.5 Å². The molecule has 180 valence electrons. The van der Waals surface area contributed by atoms with E-state index < -0.39 is 23.7 Å². The number of methoxy groups -OCH3 is 2. The highest BCUT2D eigenvalue weighted by molar-refractivity contribution is 6.44. The summed E-state index contributed by atoms with van der Waals surface area (Å²) in [6.45, 7) is 5.67. The minimum Gasteiger partial charge on any atom is -0.493 e. The second-order valence-electron chi connectivity index (χ2n) is 8.58. The molecule has 2 aromatic carbocycles. The molecule has 2 aliphatic rings. The van der Waals surface area contributed by atoms with Crippen molar-refractivity contribution in [1.29, 1.82) is 0 Å². The molecule has 34 heavy (non-hydrogen) atoms. The Bertz CT molecular complexity index is 1060. The minimum absolute atomic E-state index is 0.335. The van der Waals surface area contributed by atoms with Crippen molar-refractivity contribution in [1.82, 2.24) is 9.80 Å². The SMILES string of the molecule is COc1ccc(C2C(C(=O)c3ccc(C)cc3)C(=O)C(=O)N2CCN2CCOCC2)cc1OC. The fourth-order valence-electron chi connectivity index (χ4n) is 4.61. The number of aryl methyl sites for hydroxylation is 1. The number of amides is 1. The summed E-state index contributed by atoms with van der Waals surface area (Å²) >= 11 is 0. The van der Waals surface area contributed by atoms with Crippen LogP contribution in [0.25, 0.3) is 0 Å². The van der Waals surface area contributed by atoms with Gasteiger partial charge >= 0.3 is 0 Å². The van der Waals surface area contributed by atoms with Gasteiger partial charge in [-0.1, -0.05) is 35.9 Å². The Labute approximate surface area is 199 Å². The van der Waals surface area contributed by atoms with Crippen LogP contribution in [0.15, 0.2) is 42.5 Å². The molecule has 2 unspecified atom stereocenters. The van der Waals surface area contributed by atoms with Crippen LogP contribution in [0.1, 0.15) is 27.5 Å². The molecule has 2 atom stereocenters. The van der Waals surface area contributed by atoms with Crippen molar-refractivity contribution >= 4 is 17.5 Å². The Morgan fingerprint density at radius 3 is 2.29 bits per heavy atom. The van der Waals surface area contributed by atoms with E-state index in [1.165, 1.54) is 12.0 Å². The van der Waals surface area contributed by atoms with Crippen molar-refractivity contribution in [3.63, 3.8) is 0 Å². The van der Waals surface area contributed by atoms with E-state index in [4.69, 9.17) is 14.2 Å². The van der Waals surface area contributed by atoms with E-state index in [0.29, 0.717) is 48.9 Å². The zero-order chi connectivity index (χ0) is 24.2. The fourth-order valence-corrected chi connectivity index (χ4v) is 4.61. The van der Waals surface area contributed by atoms with Gasteiger partial charge in [0, 0.05) is 31.7 Å². The van der Waals surface area contributed by atoms with E-state index in [-0.39, 0.29) is 5.78 Å². The summed E-state index contributed by atoms with van der Waals surface area (Å²) in [6, 6.07) is 11.6.